The second-order valence-corrected chi connectivity index (χ2v) is 10.9. The molecule has 0 unspecified atom stereocenters. The van der Waals surface area contributed by atoms with Gasteiger partial charge < -0.3 is 9.88 Å². The van der Waals surface area contributed by atoms with Crippen LogP contribution in [0.1, 0.15) is 25.3 Å². The Morgan fingerprint density at radius 1 is 1.06 bits per heavy atom. The Morgan fingerprint density at radius 2 is 1.72 bits per heavy atom. The van der Waals surface area contributed by atoms with Gasteiger partial charge >= 0.3 is 6.18 Å². The first kappa shape index (κ1) is 26.2. The van der Waals surface area contributed by atoms with Crippen molar-refractivity contribution in [2.45, 2.75) is 42.5 Å². The molecule has 2 aromatic carbocycles. The van der Waals surface area contributed by atoms with Crippen molar-refractivity contribution in [2.75, 3.05) is 24.2 Å². The van der Waals surface area contributed by atoms with E-state index in [2.05, 4.69) is 15.5 Å². The van der Waals surface area contributed by atoms with E-state index < -0.39 is 27.7 Å². The number of para-hydroxylation sites is 1. The molecular weight excluding hydrogens is 515 g/mol. The van der Waals surface area contributed by atoms with Crippen molar-refractivity contribution in [1.29, 1.82) is 0 Å². The fraction of sp³-hybridized carbons (Fsp3) is 0.348. The number of thioether (sulfide) groups is 1. The number of hydrogen-bond acceptors (Lipinski definition) is 6. The molecule has 1 saturated heterocycles. The molecule has 0 atom stereocenters. The number of benzene rings is 2. The first-order chi connectivity index (χ1) is 17.1. The predicted octanol–water partition coefficient (Wildman–Crippen LogP) is 4.50. The van der Waals surface area contributed by atoms with Gasteiger partial charge in [-0.15, -0.1) is 10.2 Å². The van der Waals surface area contributed by atoms with Crippen LogP contribution in [0.2, 0.25) is 0 Å². The molecule has 1 N–H and O–H groups in total. The summed E-state index contributed by atoms with van der Waals surface area (Å²) in [5.74, 6) is -0.287. The molecule has 0 radical (unpaired) electrons. The van der Waals surface area contributed by atoms with Gasteiger partial charge in [-0.25, -0.2) is 8.42 Å². The van der Waals surface area contributed by atoms with Gasteiger partial charge in [0.2, 0.25) is 15.9 Å². The van der Waals surface area contributed by atoms with E-state index in [4.69, 9.17) is 0 Å². The minimum absolute atomic E-state index is 0.169. The number of rotatable bonds is 8. The second-order valence-electron chi connectivity index (χ2n) is 8.07. The zero-order valence-corrected chi connectivity index (χ0v) is 21.0. The van der Waals surface area contributed by atoms with Gasteiger partial charge in [-0.2, -0.15) is 17.5 Å². The van der Waals surface area contributed by atoms with E-state index in [0.717, 1.165) is 30.7 Å². The number of amides is 1. The fourth-order valence-electron chi connectivity index (χ4n) is 3.90. The molecule has 13 heteroatoms. The summed E-state index contributed by atoms with van der Waals surface area (Å²) in [6.45, 7) is 3.37. The maximum absolute atomic E-state index is 13.2. The monoisotopic (exact) mass is 539 g/mol. The number of aromatic nitrogens is 3. The highest BCUT2D eigenvalue weighted by Crippen LogP contribution is 2.35. The molecule has 0 bridgehead atoms. The number of nitrogens with zero attached hydrogens (tertiary/aromatic N) is 4. The third-order valence-electron chi connectivity index (χ3n) is 5.69. The van der Waals surface area contributed by atoms with Crippen LogP contribution in [0.4, 0.5) is 18.9 Å². The Labute approximate surface area is 211 Å². The lowest BCUT2D eigenvalue weighted by Gasteiger charge is -2.15. The molecule has 4 rings (SSSR count). The highest BCUT2D eigenvalue weighted by atomic mass is 32.2. The summed E-state index contributed by atoms with van der Waals surface area (Å²) in [7, 11) is -3.53. The minimum Gasteiger partial charge on any atom is -0.325 e. The summed E-state index contributed by atoms with van der Waals surface area (Å²) >= 11 is 1.05. The Hall–Kier alpha value is -2.90. The van der Waals surface area contributed by atoms with E-state index in [1.807, 2.05) is 6.92 Å². The Bertz CT molecular complexity index is 1340. The van der Waals surface area contributed by atoms with E-state index in [0.29, 0.717) is 36.2 Å². The molecule has 3 aromatic rings. The van der Waals surface area contributed by atoms with E-state index in [1.54, 1.807) is 16.7 Å². The Kier molecular flexibility index (Phi) is 7.71. The van der Waals surface area contributed by atoms with Crippen molar-refractivity contribution in [3.8, 4) is 11.4 Å². The first-order valence-corrected chi connectivity index (χ1v) is 13.7. The number of carbonyl (C=O) groups is 1. The summed E-state index contributed by atoms with van der Waals surface area (Å²) in [6, 6.07) is 11.2. The number of halogens is 3. The molecule has 0 aliphatic carbocycles. The van der Waals surface area contributed by atoms with Gasteiger partial charge in [0.15, 0.2) is 11.0 Å². The summed E-state index contributed by atoms with van der Waals surface area (Å²) in [6.07, 6.45) is -2.88. The molecule has 8 nitrogen and oxygen atoms in total. The molecule has 0 saturated carbocycles. The van der Waals surface area contributed by atoms with Gasteiger partial charge in [0.1, 0.15) is 0 Å². The SMILES string of the molecule is CCn1c(SCC(=O)Nc2ccccc2C(F)(F)F)nnc1-c1ccc(S(=O)(=O)N2CCCC2)cc1. The third kappa shape index (κ3) is 5.57. The number of hydrogen-bond donors (Lipinski definition) is 1. The molecule has 1 amide bonds. The lowest BCUT2D eigenvalue weighted by molar-refractivity contribution is -0.137. The van der Waals surface area contributed by atoms with Crippen molar-refractivity contribution in [2.24, 2.45) is 0 Å². The van der Waals surface area contributed by atoms with Gasteiger partial charge in [0, 0.05) is 25.2 Å². The van der Waals surface area contributed by atoms with E-state index in [-0.39, 0.29) is 16.3 Å². The van der Waals surface area contributed by atoms with Crippen LogP contribution in [-0.4, -0.2) is 52.2 Å². The molecular formula is C23H24F3N5O3S2. The zero-order chi connectivity index (χ0) is 25.9. The van der Waals surface area contributed by atoms with Gasteiger partial charge in [-0.05, 0) is 56.2 Å². The minimum atomic E-state index is -4.59. The standard InChI is InChI=1S/C23H24F3N5O3S2/c1-2-31-21(16-9-11-17(12-10-16)36(33,34)30-13-5-6-14-30)28-29-22(31)35-15-20(32)27-19-8-4-3-7-18(19)23(24,25)26/h3-4,7-12H,2,5-6,13-15H2,1H3,(H,27,32). The van der Waals surface area contributed by atoms with Gasteiger partial charge in [-0.3, -0.25) is 4.79 Å². The number of nitrogens with one attached hydrogen (secondary N) is 1. The quantitative estimate of drug-likeness (QED) is 0.424. The van der Waals surface area contributed by atoms with Crippen LogP contribution >= 0.6 is 11.8 Å². The molecule has 192 valence electrons. The smallest absolute Gasteiger partial charge is 0.325 e. The number of sulfonamides is 1. The summed E-state index contributed by atoms with van der Waals surface area (Å²) in [5.41, 5.74) is -0.574. The van der Waals surface area contributed by atoms with E-state index >= 15 is 0 Å². The summed E-state index contributed by atoms with van der Waals surface area (Å²) in [5, 5.41) is 11.0. The normalized spacial score (nSPS) is 14.8. The summed E-state index contributed by atoms with van der Waals surface area (Å²) in [4.78, 5) is 12.6. The van der Waals surface area contributed by atoms with Crippen molar-refractivity contribution < 1.29 is 26.4 Å². The maximum Gasteiger partial charge on any atom is 0.418 e. The predicted molar refractivity (Wildman–Crippen MR) is 130 cm³/mol. The van der Waals surface area contributed by atoms with Crippen LogP contribution in [0.3, 0.4) is 0 Å². The lowest BCUT2D eigenvalue weighted by Crippen LogP contribution is -2.27. The van der Waals surface area contributed by atoms with Crippen molar-refractivity contribution >= 4 is 33.4 Å². The van der Waals surface area contributed by atoms with Gasteiger partial charge in [0.25, 0.3) is 0 Å². The van der Waals surface area contributed by atoms with Crippen LogP contribution < -0.4 is 5.32 Å². The molecule has 1 aliphatic heterocycles. The average Bonchev–Trinajstić information content (AvgIpc) is 3.53. The van der Waals surface area contributed by atoms with Crippen LogP contribution in [0.25, 0.3) is 11.4 Å². The molecule has 36 heavy (non-hydrogen) atoms. The molecule has 1 fully saturated rings. The van der Waals surface area contributed by atoms with Gasteiger partial charge in [0.05, 0.1) is 21.9 Å². The molecule has 0 spiro atoms. The Balaban J connectivity index is 1.46. The second kappa shape index (κ2) is 10.6. The topological polar surface area (TPSA) is 97.2 Å². The molecule has 2 heterocycles. The van der Waals surface area contributed by atoms with Crippen molar-refractivity contribution in [3.63, 3.8) is 0 Å². The van der Waals surface area contributed by atoms with Crippen molar-refractivity contribution in [1.82, 2.24) is 19.1 Å². The van der Waals surface area contributed by atoms with Gasteiger partial charge in [-0.1, -0.05) is 23.9 Å². The lowest BCUT2D eigenvalue weighted by atomic mass is 10.1. The zero-order valence-electron chi connectivity index (χ0n) is 19.3. The van der Waals surface area contributed by atoms with Crippen LogP contribution in [0, 0.1) is 0 Å². The van der Waals surface area contributed by atoms with E-state index in [9.17, 15) is 26.4 Å². The highest BCUT2D eigenvalue weighted by molar-refractivity contribution is 7.99. The number of carbonyl (C=O) groups excluding carboxylic acids is 1. The average molecular weight is 540 g/mol. The largest absolute Gasteiger partial charge is 0.418 e. The van der Waals surface area contributed by atoms with E-state index in [1.165, 1.54) is 34.6 Å². The molecule has 1 aromatic heterocycles. The highest BCUT2D eigenvalue weighted by Gasteiger charge is 2.33. The maximum atomic E-state index is 13.2. The first-order valence-electron chi connectivity index (χ1n) is 11.2. The third-order valence-corrected chi connectivity index (χ3v) is 8.57. The van der Waals surface area contributed by atoms with Crippen LogP contribution in [-0.2, 0) is 27.5 Å². The fourth-order valence-corrected chi connectivity index (χ4v) is 6.22. The van der Waals surface area contributed by atoms with Crippen LogP contribution in [0.15, 0.2) is 58.6 Å². The number of alkyl halides is 3. The van der Waals surface area contributed by atoms with Crippen molar-refractivity contribution in [3.05, 3.63) is 54.1 Å². The number of anilines is 1. The summed E-state index contributed by atoms with van der Waals surface area (Å²) < 4.78 is 68.2. The molecule has 1 aliphatic rings. The Morgan fingerprint density at radius 3 is 2.36 bits per heavy atom. The van der Waals surface area contributed by atoms with Crippen LogP contribution in [0.5, 0.6) is 0 Å².